The van der Waals surface area contributed by atoms with E-state index in [9.17, 15) is 31.6 Å². The van der Waals surface area contributed by atoms with Crippen LogP contribution in [0, 0.1) is 52.2 Å². The number of fused-ring (bicyclic) bond motifs is 12. The van der Waals surface area contributed by atoms with E-state index in [4.69, 9.17) is 13.1 Å². The zero-order valence-corrected chi connectivity index (χ0v) is 52.5. The Kier molecular flexibility index (Phi) is 14.5. The number of hydrogen-bond acceptors (Lipinski definition) is 1. The van der Waals surface area contributed by atoms with Crippen molar-refractivity contribution >= 4 is 98.6 Å². The van der Waals surface area contributed by atoms with Gasteiger partial charge in [-0.3, -0.25) is 0 Å². The van der Waals surface area contributed by atoms with Gasteiger partial charge in [0.15, 0.2) is 11.4 Å². The molecule has 0 fully saturated rings. The molecule has 16 aromatic rings. The lowest BCUT2D eigenvalue weighted by atomic mass is 9.94. The van der Waals surface area contributed by atoms with E-state index in [-0.39, 0.29) is 39.4 Å². The first-order chi connectivity index (χ1) is 47.1. The van der Waals surface area contributed by atoms with Gasteiger partial charge in [-0.25, -0.2) is 9.69 Å². The van der Waals surface area contributed by atoms with Gasteiger partial charge >= 0.3 is 18.5 Å². The molecule has 0 bridgehead atoms. The second-order valence-electron chi connectivity index (χ2n) is 24.5. The first-order valence-electron chi connectivity index (χ1n) is 31.1. The van der Waals surface area contributed by atoms with Gasteiger partial charge in [-0.15, -0.1) is 0 Å². The fraction of sp³-hybridized carbons (Fsp3) is 0.0854. The summed E-state index contributed by atoms with van der Waals surface area (Å²) in [4.78, 5) is 6.95. The summed E-state index contributed by atoms with van der Waals surface area (Å²) in [5.41, 5.74) is 5.21. The van der Waals surface area contributed by atoms with Gasteiger partial charge in [-0.2, -0.15) is 44.8 Å². The smallest absolute Gasteiger partial charge is 0.309 e. The molecule has 4 aromatic heterocycles. The summed E-state index contributed by atoms with van der Waals surface area (Å²) >= 11 is 0. The van der Waals surface area contributed by atoms with Crippen molar-refractivity contribution in [3.63, 3.8) is 0 Å². The standard InChI is InChI=1S/C41H25F6N3.C41H25F3N4/c1-23-15-17-34-28(19-23)26-9-4-6-13-32(26)49(34)36-21-25(38-30(40(42,43)44)11-8-12-31(38)48-3)22-37(39(36)41(45,46)47)50-33-14-7-5-10-27(33)29-20-24(2)16-18-35(29)50;1-24-15-17-36-29(19-24)27-9-4-6-13-34(27)47(36)38-21-26(40-32(41(42,43)44)11-8-12-33(40)46-3)22-39(31(38)23-45)48-35-14-7-5-10-28(35)30-20-25(2)16-18-37(30)48/h4-22H,1-2H3;4-22H,1-2H3. The Hall–Kier alpha value is -12.3. The van der Waals surface area contributed by atoms with Gasteiger partial charge in [0, 0.05) is 43.1 Å². The normalized spacial score (nSPS) is 12.1. The number of aryl methyl sites for hydroxylation is 4. The van der Waals surface area contributed by atoms with E-state index in [1.807, 2.05) is 134 Å². The zero-order valence-electron chi connectivity index (χ0n) is 52.5. The Labute approximate surface area is 554 Å². The van der Waals surface area contributed by atoms with Crippen LogP contribution in [0.3, 0.4) is 0 Å². The Morgan fingerprint density at radius 2 is 0.592 bits per heavy atom. The number of benzene rings is 12. The van der Waals surface area contributed by atoms with Crippen molar-refractivity contribution in [1.29, 1.82) is 5.26 Å². The van der Waals surface area contributed by atoms with Crippen molar-refractivity contribution in [3.8, 4) is 51.1 Å². The average Bonchev–Trinajstić information content (AvgIpc) is 1.50. The predicted molar refractivity (Wildman–Crippen MR) is 372 cm³/mol. The van der Waals surface area contributed by atoms with E-state index in [1.165, 1.54) is 27.3 Å². The van der Waals surface area contributed by atoms with Gasteiger partial charge in [0.2, 0.25) is 0 Å². The van der Waals surface area contributed by atoms with E-state index in [0.717, 1.165) is 96.2 Å². The molecule has 7 nitrogen and oxygen atoms in total. The van der Waals surface area contributed by atoms with Crippen molar-refractivity contribution in [2.45, 2.75) is 46.2 Å². The molecule has 0 N–H and O–H groups in total. The van der Waals surface area contributed by atoms with Crippen LogP contribution >= 0.6 is 0 Å². The van der Waals surface area contributed by atoms with Crippen LogP contribution in [0.25, 0.3) is 142 Å². The van der Waals surface area contributed by atoms with Crippen LogP contribution in [0.2, 0.25) is 0 Å². The molecule has 16 rings (SSSR count). The molecule has 16 heteroatoms. The third-order valence-corrected chi connectivity index (χ3v) is 18.4. The van der Waals surface area contributed by atoms with Crippen LogP contribution < -0.4 is 0 Å². The summed E-state index contributed by atoms with van der Waals surface area (Å²) in [6.07, 6.45) is -14.6. The van der Waals surface area contributed by atoms with E-state index in [0.29, 0.717) is 60.5 Å². The summed E-state index contributed by atoms with van der Waals surface area (Å²) in [6.45, 7) is 23.5. The summed E-state index contributed by atoms with van der Waals surface area (Å²) in [6, 6.07) is 67.5. The zero-order chi connectivity index (χ0) is 68.4. The molecule has 4 heterocycles. The highest BCUT2D eigenvalue weighted by atomic mass is 19.4. The Morgan fingerprint density at radius 1 is 0.316 bits per heavy atom. The molecule has 98 heavy (non-hydrogen) atoms. The maximum absolute atomic E-state index is 15.9. The highest BCUT2D eigenvalue weighted by molar-refractivity contribution is 6.14. The van der Waals surface area contributed by atoms with E-state index in [1.54, 1.807) is 72.8 Å². The third-order valence-electron chi connectivity index (χ3n) is 18.4. The molecule has 0 atom stereocenters. The maximum Gasteiger partial charge on any atom is 0.420 e. The first kappa shape index (κ1) is 61.8. The predicted octanol–water partition coefficient (Wildman–Crippen LogP) is 24.4. The van der Waals surface area contributed by atoms with Gasteiger partial charge in [0.1, 0.15) is 17.2 Å². The van der Waals surface area contributed by atoms with Crippen LogP contribution in [0.4, 0.5) is 50.9 Å². The van der Waals surface area contributed by atoms with Crippen molar-refractivity contribution in [1.82, 2.24) is 18.3 Å². The third kappa shape index (κ3) is 9.96. The lowest BCUT2D eigenvalue weighted by Gasteiger charge is -2.24. The van der Waals surface area contributed by atoms with E-state index >= 15 is 13.2 Å². The summed E-state index contributed by atoms with van der Waals surface area (Å²) in [5, 5.41) is 17.6. The number of hydrogen-bond donors (Lipinski definition) is 0. The largest absolute Gasteiger partial charge is 0.420 e. The number of aromatic nitrogens is 4. The quantitative estimate of drug-likeness (QED) is 0.121. The molecule has 0 spiro atoms. The molecule has 0 amide bonds. The van der Waals surface area contributed by atoms with Crippen molar-refractivity contribution in [2.75, 3.05) is 0 Å². The Morgan fingerprint density at radius 3 is 0.867 bits per heavy atom. The molecule has 0 saturated heterocycles. The molecular formula is C82H50F9N7. The fourth-order valence-electron chi connectivity index (χ4n) is 14.4. The second-order valence-corrected chi connectivity index (χ2v) is 24.5. The van der Waals surface area contributed by atoms with E-state index in [2.05, 4.69) is 27.9 Å². The molecule has 476 valence electrons. The summed E-state index contributed by atoms with van der Waals surface area (Å²) in [5.74, 6) is 0. The van der Waals surface area contributed by atoms with Gasteiger partial charge in [-0.1, -0.05) is 156 Å². The fourth-order valence-corrected chi connectivity index (χ4v) is 14.4. The van der Waals surface area contributed by atoms with Crippen molar-refractivity contribution < 1.29 is 39.5 Å². The highest BCUT2D eigenvalue weighted by Gasteiger charge is 2.42. The van der Waals surface area contributed by atoms with Gasteiger partial charge in [0.25, 0.3) is 0 Å². The molecule has 12 aromatic carbocycles. The lowest BCUT2D eigenvalue weighted by Crippen LogP contribution is -2.16. The minimum atomic E-state index is -4.97. The monoisotopic (exact) mass is 1300 g/mol. The molecule has 0 aliphatic carbocycles. The molecule has 0 aliphatic rings. The molecule has 0 saturated carbocycles. The van der Waals surface area contributed by atoms with Crippen molar-refractivity contribution in [3.05, 3.63) is 298 Å². The minimum Gasteiger partial charge on any atom is -0.309 e. The average molecular weight is 1300 g/mol. The summed E-state index contributed by atoms with van der Waals surface area (Å²) in [7, 11) is 0. The maximum atomic E-state index is 15.9. The number of nitriles is 1. The van der Waals surface area contributed by atoms with E-state index < -0.39 is 40.8 Å². The second kappa shape index (κ2) is 23.0. The SMILES string of the molecule is [C-]#[N+]c1cccc(C(F)(F)F)c1-c1cc(-n2c3ccccc3c3cc(C)ccc32)c(C#N)c(-n2c3ccccc3c3cc(C)ccc32)c1.[C-]#[N+]c1cccc(C(F)(F)F)c1-c1cc(-n2c3ccccc3c3cc(C)ccc32)c(C(F)(F)F)c(-n2c3ccccc3c3cc(C)ccc32)c1. The molecule has 0 unspecified atom stereocenters. The van der Waals surface area contributed by atoms with Gasteiger partial charge < -0.3 is 18.3 Å². The molecule has 0 aliphatic heterocycles. The summed E-state index contributed by atoms with van der Waals surface area (Å²) < 4.78 is 143. The minimum absolute atomic E-state index is 0.123. The van der Waals surface area contributed by atoms with Crippen LogP contribution in [-0.4, -0.2) is 18.3 Å². The van der Waals surface area contributed by atoms with Crippen molar-refractivity contribution in [2.24, 2.45) is 0 Å². The van der Waals surface area contributed by atoms with Crippen LogP contribution in [0.1, 0.15) is 44.5 Å². The topological polar surface area (TPSA) is 52.2 Å². The number of para-hydroxylation sites is 4. The lowest BCUT2D eigenvalue weighted by molar-refractivity contribution is -0.138. The number of nitrogens with zero attached hydrogens (tertiary/aromatic N) is 7. The van der Waals surface area contributed by atoms with Crippen LogP contribution in [0.5, 0.6) is 0 Å². The first-order valence-corrected chi connectivity index (χ1v) is 31.1. The highest BCUT2D eigenvalue weighted by Crippen LogP contribution is 2.51. The molecular weight excluding hydrogens is 1250 g/mol. The Bertz CT molecular complexity index is 5900. The van der Waals surface area contributed by atoms with Gasteiger partial charge in [0.05, 0.1) is 91.2 Å². The Balaban J connectivity index is 0.000000160. The number of alkyl halides is 9. The number of rotatable bonds is 6. The number of halogens is 9. The van der Waals surface area contributed by atoms with Gasteiger partial charge in [-0.05, 0) is 147 Å². The molecule has 0 radical (unpaired) electrons. The van der Waals surface area contributed by atoms with Crippen LogP contribution in [-0.2, 0) is 18.5 Å². The van der Waals surface area contributed by atoms with Crippen LogP contribution in [0.15, 0.2) is 231 Å².